The molecule has 1 heterocycles. The van der Waals surface area contributed by atoms with Gasteiger partial charge in [0.2, 0.25) is 0 Å². The molecule has 1 N–H and O–H groups in total. The van der Waals surface area contributed by atoms with Crippen LogP contribution in [0.5, 0.6) is 0 Å². The molecule has 2 nitrogen and oxygen atoms in total. The van der Waals surface area contributed by atoms with Crippen LogP contribution in [0.4, 0.5) is 13.2 Å². The molecule has 2 rings (SSSR count). The summed E-state index contributed by atoms with van der Waals surface area (Å²) in [5, 5.41) is 3.47. The van der Waals surface area contributed by atoms with Gasteiger partial charge in [0, 0.05) is 18.6 Å². The van der Waals surface area contributed by atoms with E-state index in [1.807, 2.05) is 7.05 Å². The smallest absolute Gasteiger partial charge is 0.314 e. The van der Waals surface area contributed by atoms with Crippen molar-refractivity contribution in [3.63, 3.8) is 0 Å². The van der Waals surface area contributed by atoms with Crippen LogP contribution in [0.15, 0.2) is 24.3 Å². The lowest BCUT2D eigenvalue weighted by atomic mass is 9.96. The average Bonchev–Trinajstić information content (AvgIpc) is 2.46. The van der Waals surface area contributed by atoms with Gasteiger partial charge in [0.25, 0.3) is 0 Å². The van der Waals surface area contributed by atoms with Crippen LogP contribution >= 0.6 is 0 Å². The number of hydrogen-bond acceptors (Lipinski definition) is 2. The van der Waals surface area contributed by atoms with Gasteiger partial charge in [-0.1, -0.05) is 25.1 Å². The summed E-state index contributed by atoms with van der Waals surface area (Å²) in [5.41, 5.74) is 0.157. The Morgan fingerprint density at radius 2 is 2.10 bits per heavy atom. The maximum absolute atomic E-state index is 12.7. The van der Waals surface area contributed by atoms with Crippen LogP contribution in [0, 0.1) is 0 Å². The van der Waals surface area contributed by atoms with Gasteiger partial charge < -0.3 is 5.32 Å². The second kappa shape index (κ2) is 6.79. The van der Waals surface area contributed by atoms with E-state index in [0.29, 0.717) is 18.6 Å². The van der Waals surface area contributed by atoms with Crippen molar-refractivity contribution < 1.29 is 13.2 Å². The van der Waals surface area contributed by atoms with Crippen LogP contribution in [-0.2, 0) is 12.7 Å². The largest absolute Gasteiger partial charge is 0.416 e. The van der Waals surface area contributed by atoms with Gasteiger partial charge in [0.1, 0.15) is 0 Å². The molecule has 0 radical (unpaired) electrons. The third kappa shape index (κ3) is 4.45. The fraction of sp³-hybridized carbons (Fsp3) is 0.625. The minimum atomic E-state index is -4.27. The van der Waals surface area contributed by atoms with Gasteiger partial charge in [0.05, 0.1) is 5.56 Å². The summed E-state index contributed by atoms with van der Waals surface area (Å²) >= 11 is 0. The van der Waals surface area contributed by atoms with Crippen LogP contribution in [0.25, 0.3) is 0 Å². The Bertz CT molecular complexity index is 459. The van der Waals surface area contributed by atoms with Crippen molar-refractivity contribution in [2.24, 2.45) is 0 Å². The normalized spacial score (nSPS) is 23.5. The molecule has 0 spiro atoms. The van der Waals surface area contributed by atoms with Crippen molar-refractivity contribution in [3.8, 4) is 0 Å². The number of nitrogens with one attached hydrogen (secondary N) is 1. The summed E-state index contributed by atoms with van der Waals surface area (Å²) in [6.45, 7) is 3.70. The molecule has 1 fully saturated rings. The predicted molar refractivity (Wildman–Crippen MR) is 78.0 cm³/mol. The summed E-state index contributed by atoms with van der Waals surface area (Å²) in [6.07, 6.45) is -1.07. The van der Waals surface area contributed by atoms with Gasteiger partial charge in [0.15, 0.2) is 0 Å². The molecule has 1 unspecified atom stereocenters. The van der Waals surface area contributed by atoms with Crippen LogP contribution in [0.2, 0.25) is 0 Å². The first-order valence-corrected chi connectivity index (χ1v) is 7.50. The maximum Gasteiger partial charge on any atom is 0.416 e. The molecule has 0 amide bonds. The molecular formula is C16H23F3N2. The van der Waals surface area contributed by atoms with E-state index in [1.165, 1.54) is 12.1 Å². The Balaban J connectivity index is 2.00. The standard InChI is InChI=1S/C16H23F3N2/c1-3-14-10-15(7-8-20-14)21(2)11-12-5-4-6-13(9-12)16(17,18)19/h4-6,9,14-15,20H,3,7-8,10-11H2,1-2H3/t14?,15-/m0/s1. The van der Waals surface area contributed by atoms with Gasteiger partial charge in [-0.05, 0) is 44.5 Å². The first kappa shape index (κ1) is 16.3. The molecule has 1 aliphatic heterocycles. The molecule has 1 aromatic rings. The first-order valence-electron chi connectivity index (χ1n) is 7.50. The molecule has 0 aliphatic carbocycles. The summed E-state index contributed by atoms with van der Waals surface area (Å²) < 4.78 is 38.2. The summed E-state index contributed by atoms with van der Waals surface area (Å²) in [4.78, 5) is 2.18. The fourth-order valence-electron chi connectivity index (χ4n) is 2.96. The number of nitrogens with zero attached hydrogens (tertiary/aromatic N) is 1. The van der Waals surface area contributed by atoms with Crippen molar-refractivity contribution in [2.75, 3.05) is 13.6 Å². The third-order valence-electron chi connectivity index (χ3n) is 4.27. The molecule has 1 saturated heterocycles. The molecule has 21 heavy (non-hydrogen) atoms. The summed E-state index contributed by atoms with van der Waals surface area (Å²) in [7, 11) is 2.00. The van der Waals surface area contributed by atoms with Crippen LogP contribution < -0.4 is 5.32 Å². The Morgan fingerprint density at radius 3 is 2.76 bits per heavy atom. The lowest BCUT2D eigenvalue weighted by Crippen LogP contribution is -2.46. The Labute approximate surface area is 124 Å². The number of halogens is 3. The highest BCUT2D eigenvalue weighted by Crippen LogP contribution is 2.30. The highest BCUT2D eigenvalue weighted by Gasteiger charge is 2.30. The van der Waals surface area contributed by atoms with Crippen LogP contribution in [0.3, 0.4) is 0 Å². The van der Waals surface area contributed by atoms with Crippen LogP contribution in [0.1, 0.15) is 37.3 Å². The monoisotopic (exact) mass is 300 g/mol. The van der Waals surface area contributed by atoms with Crippen LogP contribution in [-0.4, -0.2) is 30.6 Å². The lowest BCUT2D eigenvalue weighted by molar-refractivity contribution is -0.137. The zero-order valence-electron chi connectivity index (χ0n) is 12.6. The molecule has 1 aromatic carbocycles. The Morgan fingerprint density at radius 1 is 1.33 bits per heavy atom. The van der Waals surface area contributed by atoms with E-state index in [1.54, 1.807) is 6.07 Å². The molecule has 0 saturated carbocycles. The third-order valence-corrected chi connectivity index (χ3v) is 4.27. The van der Waals surface area contributed by atoms with Gasteiger partial charge in [-0.25, -0.2) is 0 Å². The SMILES string of the molecule is CCC1C[C@@H](N(C)Cc2cccc(C(F)(F)F)c2)CCN1. The van der Waals surface area contributed by atoms with Gasteiger partial charge in [-0.15, -0.1) is 0 Å². The number of benzene rings is 1. The van der Waals surface area contributed by atoms with Crippen molar-refractivity contribution in [3.05, 3.63) is 35.4 Å². The van der Waals surface area contributed by atoms with Gasteiger partial charge in [-0.3, -0.25) is 4.90 Å². The second-order valence-corrected chi connectivity index (χ2v) is 5.85. The van der Waals surface area contributed by atoms with E-state index in [2.05, 4.69) is 17.1 Å². The summed E-state index contributed by atoms with van der Waals surface area (Å²) in [5.74, 6) is 0. The number of rotatable bonds is 4. The first-order chi connectivity index (χ1) is 9.90. The second-order valence-electron chi connectivity index (χ2n) is 5.85. The van der Waals surface area contributed by atoms with Crippen molar-refractivity contribution in [1.82, 2.24) is 10.2 Å². The molecule has 0 aromatic heterocycles. The van der Waals surface area contributed by atoms with Gasteiger partial charge >= 0.3 is 6.18 Å². The van der Waals surface area contributed by atoms with Crippen molar-refractivity contribution in [1.29, 1.82) is 0 Å². The van der Waals surface area contributed by atoms with E-state index < -0.39 is 11.7 Å². The van der Waals surface area contributed by atoms with E-state index in [0.717, 1.165) is 37.4 Å². The van der Waals surface area contributed by atoms with E-state index >= 15 is 0 Å². The highest BCUT2D eigenvalue weighted by molar-refractivity contribution is 5.25. The maximum atomic E-state index is 12.7. The molecule has 1 aliphatic rings. The quantitative estimate of drug-likeness (QED) is 0.913. The lowest BCUT2D eigenvalue weighted by Gasteiger charge is -2.36. The fourth-order valence-corrected chi connectivity index (χ4v) is 2.96. The Hall–Kier alpha value is -1.07. The number of piperidine rings is 1. The highest BCUT2D eigenvalue weighted by atomic mass is 19.4. The average molecular weight is 300 g/mol. The van der Waals surface area contributed by atoms with Crippen molar-refractivity contribution >= 4 is 0 Å². The molecular weight excluding hydrogens is 277 g/mol. The molecule has 0 bridgehead atoms. The number of hydrogen-bond donors (Lipinski definition) is 1. The molecule has 118 valence electrons. The molecule has 5 heteroatoms. The Kier molecular flexibility index (Phi) is 5.27. The van der Waals surface area contributed by atoms with E-state index in [4.69, 9.17) is 0 Å². The van der Waals surface area contributed by atoms with E-state index in [9.17, 15) is 13.2 Å². The van der Waals surface area contributed by atoms with E-state index in [-0.39, 0.29) is 0 Å². The molecule has 2 atom stereocenters. The predicted octanol–water partition coefficient (Wildman–Crippen LogP) is 3.67. The minimum Gasteiger partial charge on any atom is -0.314 e. The number of alkyl halides is 3. The minimum absolute atomic E-state index is 0.436. The topological polar surface area (TPSA) is 15.3 Å². The zero-order chi connectivity index (χ0) is 15.5. The summed E-state index contributed by atoms with van der Waals surface area (Å²) in [6, 6.07) is 6.60. The van der Waals surface area contributed by atoms with Gasteiger partial charge in [-0.2, -0.15) is 13.2 Å². The van der Waals surface area contributed by atoms with Crippen molar-refractivity contribution in [2.45, 2.75) is 51.0 Å². The zero-order valence-corrected chi connectivity index (χ0v) is 12.6.